The van der Waals surface area contributed by atoms with Gasteiger partial charge in [-0.3, -0.25) is 9.80 Å². The summed E-state index contributed by atoms with van der Waals surface area (Å²) in [6.45, 7) is 8.38. The van der Waals surface area contributed by atoms with E-state index in [-0.39, 0.29) is 0 Å². The van der Waals surface area contributed by atoms with Gasteiger partial charge < -0.3 is 9.47 Å². The van der Waals surface area contributed by atoms with Crippen LogP contribution in [-0.2, 0) is 16.0 Å². The maximum Gasteiger partial charge on any atom is 0.0897 e. The molecule has 4 rings (SSSR count). The third-order valence-electron chi connectivity index (χ3n) is 6.00. The lowest BCUT2D eigenvalue weighted by atomic mass is 9.87. The molecule has 1 aromatic rings. The van der Waals surface area contributed by atoms with Gasteiger partial charge in [0.1, 0.15) is 0 Å². The fraction of sp³-hybridized carbons (Fsp3) is 0.833. The molecule has 5 nitrogen and oxygen atoms in total. The van der Waals surface area contributed by atoms with Crippen molar-refractivity contribution in [3.8, 4) is 0 Å². The first-order valence-electron chi connectivity index (χ1n) is 9.24. The van der Waals surface area contributed by atoms with Crippen LogP contribution in [0.25, 0.3) is 0 Å². The normalized spacial score (nSPS) is 33.0. The monoisotopic (exact) mass is 351 g/mol. The van der Waals surface area contributed by atoms with Crippen molar-refractivity contribution in [2.24, 2.45) is 5.92 Å². The van der Waals surface area contributed by atoms with Crippen LogP contribution in [0.3, 0.4) is 0 Å². The van der Waals surface area contributed by atoms with Crippen LogP contribution >= 0.6 is 11.3 Å². The van der Waals surface area contributed by atoms with E-state index in [9.17, 15) is 0 Å². The minimum absolute atomic E-state index is 0.410. The number of piperidine rings is 1. The molecule has 3 atom stereocenters. The number of likely N-dealkylation sites (tertiary alicyclic amines) is 2. The highest BCUT2D eigenvalue weighted by atomic mass is 32.1. The van der Waals surface area contributed by atoms with Gasteiger partial charge in [0.05, 0.1) is 16.8 Å². The smallest absolute Gasteiger partial charge is 0.0897 e. The van der Waals surface area contributed by atoms with Gasteiger partial charge in [-0.15, -0.1) is 11.3 Å². The van der Waals surface area contributed by atoms with Gasteiger partial charge in [-0.25, -0.2) is 4.98 Å². The van der Waals surface area contributed by atoms with Crippen LogP contribution < -0.4 is 0 Å². The molecule has 0 amide bonds. The molecule has 3 saturated heterocycles. The quantitative estimate of drug-likeness (QED) is 0.831. The number of rotatable bonds is 4. The highest BCUT2D eigenvalue weighted by molar-refractivity contribution is 7.09. The Labute approximate surface area is 148 Å². The van der Waals surface area contributed by atoms with Crippen molar-refractivity contribution >= 4 is 11.3 Å². The second kappa shape index (κ2) is 7.38. The van der Waals surface area contributed by atoms with E-state index in [2.05, 4.69) is 27.1 Å². The minimum Gasteiger partial charge on any atom is -0.381 e. The lowest BCUT2D eigenvalue weighted by Crippen LogP contribution is -2.56. The highest BCUT2D eigenvalue weighted by Crippen LogP contribution is 2.36. The standard InChI is InChI=1S/C18H29N3O2S/c1-13-19-14(12-24-13)9-20-10-16-17(11-20)21(6-3-18(16)22-2)15-4-7-23-8-5-15/h12,15-18H,3-11H2,1-2H3/t16-,17+,18+/m0/s1. The first kappa shape index (κ1) is 16.9. The first-order valence-corrected chi connectivity index (χ1v) is 10.1. The molecule has 0 N–H and O–H groups in total. The Kier molecular flexibility index (Phi) is 5.20. The summed E-state index contributed by atoms with van der Waals surface area (Å²) in [6, 6.07) is 1.33. The number of hydrogen-bond donors (Lipinski definition) is 0. The SMILES string of the molecule is CO[C@@H]1CCN(C2CCOCC2)[C@@H]2CN(Cc3csc(C)n3)C[C@@H]21. The molecule has 0 spiro atoms. The predicted molar refractivity (Wildman–Crippen MR) is 95.4 cm³/mol. The molecule has 0 bridgehead atoms. The van der Waals surface area contributed by atoms with E-state index in [1.807, 2.05) is 7.11 Å². The number of aromatic nitrogens is 1. The third kappa shape index (κ3) is 3.40. The van der Waals surface area contributed by atoms with Gasteiger partial charge in [-0.1, -0.05) is 0 Å². The molecular formula is C18H29N3O2S. The number of nitrogens with zero attached hydrogens (tertiary/aromatic N) is 3. The summed E-state index contributed by atoms with van der Waals surface area (Å²) in [5.74, 6) is 0.631. The zero-order valence-corrected chi connectivity index (χ0v) is 15.6. The summed E-state index contributed by atoms with van der Waals surface area (Å²) in [5, 5.41) is 3.38. The highest BCUT2D eigenvalue weighted by Gasteiger charge is 2.46. The van der Waals surface area contributed by atoms with Crippen molar-refractivity contribution in [3.63, 3.8) is 0 Å². The van der Waals surface area contributed by atoms with E-state index in [0.717, 1.165) is 32.8 Å². The molecule has 6 heteroatoms. The summed E-state index contributed by atoms with van der Waals surface area (Å²) in [7, 11) is 1.89. The van der Waals surface area contributed by atoms with Crippen LogP contribution in [0.2, 0.25) is 0 Å². The average Bonchev–Trinajstić information content (AvgIpc) is 3.21. The van der Waals surface area contributed by atoms with Gasteiger partial charge >= 0.3 is 0 Å². The summed E-state index contributed by atoms with van der Waals surface area (Å²) in [5.41, 5.74) is 1.22. The lowest BCUT2D eigenvalue weighted by Gasteiger charge is -2.46. The number of ether oxygens (including phenoxy) is 2. The topological polar surface area (TPSA) is 37.8 Å². The second-order valence-electron chi connectivity index (χ2n) is 7.43. The van der Waals surface area contributed by atoms with Gasteiger partial charge in [0.15, 0.2) is 0 Å². The van der Waals surface area contributed by atoms with Gasteiger partial charge in [0.25, 0.3) is 0 Å². The van der Waals surface area contributed by atoms with E-state index in [1.165, 1.54) is 36.5 Å². The second-order valence-corrected chi connectivity index (χ2v) is 8.49. The van der Waals surface area contributed by atoms with Crippen molar-refractivity contribution in [1.82, 2.24) is 14.8 Å². The predicted octanol–water partition coefficient (Wildman–Crippen LogP) is 2.15. The zero-order chi connectivity index (χ0) is 16.5. The Morgan fingerprint density at radius 2 is 2.12 bits per heavy atom. The van der Waals surface area contributed by atoms with Crippen molar-refractivity contribution in [2.45, 2.75) is 50.9 Å². The number of thiazole rings is 1. The summed E-state index contributed by atoms with van der Waals surface area (Å²) in [4.78, 5) is 10.0. The van der Waals surface area contributed by atoms with Crippen LogP contribution in [-0.4, -0.2) is 72.9 Å². The maximum atomic E-state index is 5.85. The third-order valence-corrected chi connectivity index (χ3v) is 6.82. The van der Waals surface area contributed by atoms with Crippen LogP contribution in [0, 0.1) is 12.8 Å². The summed E-state index contributed by atoms with van der Waals surface area (Å²) < 4.78 is 11.4. The molecule has 1 aromatic heterocycles. The summed E-state index contributed by atoms with van der Waals surface area (Å²) >= 11 is 1.75. The average molecular weight is 352 g/mol. The van der Waals surface area contributed by atoms with Crippen molar-refractivity contribution in [1.29, 1.82) is 0 Å². The number of fused-ring (bicyclic) bond motifs is 1. The molecular weight excluding hydrogens is 322 g/mol. The summed E-state index contributed by atoms with van der Waals surface area (Å²) in [6.07, 6.45) is 3.95. The Morgan fingerprint density at radius 3 is 2.83 bits per heavy atom. The molecule has 0 aromatic carbocycles. The molecule has 0 radical (unpaired) electrons. The number of aryl methyl sites for hydroxylation is 1. The molecule has 3 aliphatic rings. The Morgan fingerprint density at radius 1 is 1.29 bits per heavy atom. The molecule has 4 heterocycles. The zero-order valence-electron chi connectivity index (χ0n) is 14.8. The molecule has 24 heavy (non-hydrogen) atoms. The van der Waals surface area contributed by atoms with Gasteiger partial charge in [-0.05, 0) is 26.2 Å². The molecule has 3 fully saturated rings. The van der Waals surface area contributed by atoms with E-state index in [4.69, 9.17) is 9.47 Å². The molecule has 0 aliphatic carbocycles. The van der Waals surface area contributed by atoms with Crippen LogP contribution in [0.4, 0.5) is 0 Å². The Bertz CT molecular complexity index is 546. The fourth-order valence-corrected chi connectivity index (χ4v) is 5.47. The Balaban J connectivity index is 1.46. The Hall–Kier alpha value is -0.530. The van der Waals surface area contributed by atoms with Crippen molar-refractivity contribution < 1.29 is 9.47 Å². The van der Waals surface area contributed by atoms with Crippen LogP contribution in [0.15, 0.2) is 5.38 Å². The van der Waals surface area contributed by atoms with Crippen LogP contribution in [0.5, 0.6) is 0 Å². The van der Waals surface area contributed by atoms with E-state index in [0.29, 0.717) is 24.1 Å². The molecule has 134 valence electrons. The molecule has 0 unspecified atom stereocenters. The fourth-order valence-electron chi connectivity index (χ4n) is 4.87. The first-order chi connectivity index (χ1) is 11.7. The number of methoxy groups -OCH3 is 1. The number of hydrogen-bond acceptors (Lipinski definition) is 6. The maximum absolute atomic E-state index is 5.85. The molecule has 0 saturated carbocycles. The van der Waals surface area contributed by atoms with E-state index in [1.54, 1.807) is 11.3 Å². The largest absolute Gasteiger partial charge is 0.381 e. The van der Waals surface area contributed by atoms with E-state index < -0.39 is 0 Å². The van der Waals surface area contributed by atoms with Crippen LogP contribution in [0.1, 0.15) is 30.0 Å². The minimum atomic E-state index is 0.410. The van der Waals surface area contributed by atoms with Crippen molar-refractivity contribution in [2.75, 3.05) is 40.0 Å². The molecule has 3 aliphatic heterocycles. The van der Waals surface area contributed by atoms with E-state index >= 15 is 0 Å². The van der Waals surface area contributed by atoms with Crippen molar-refractivity contribution in [3.05, 3.63) is 16.1 Å². The van der Waals surface area contributed by atoms with Gasteiger partial charge in [0.2, 0.25) is 0 Å². The van der Waals surface area contributed by atoms with Gasteiger partial charge in [-0.2, -0.15) is 0 Å². The van der Waals surface area contributed by atoms with Gasteiger partial charge in [0, 0.05) is 69.9 Å². The lowest BCUT2D eigenvalue weighted by molar-refractivity contribution is -0.0563.